The molecule has 2 aromatic heterocycles. The molecular formula is C24H23F3N4O4. The number of aromatic nitrogens is 4. The Labute approximate surface area is 197 Å². The topological polar surface area (TPSA) is 91.1 Å². The molecule has 0 radical (unpaired) electrons. The molecule has 2 aromatic carbocycles. The minimum Gasteiger partial charge on any atom is -0.480 e. The second kappa shape index (κ2) is 9.79. The van der Waals surface area contributed by atoms with Gasteiger partial charge in [-0.2, -0.15) is 17.9 Å². The molecular weight excluding hydrogens is 465 g/mol. The van der Waals surface area contributed by atoms with Gasteiger partial charge in [-0.1, -0.05) is 30.3 Å². The largest absolute Gasteiger partial charge is 0.480 e. The first-order valence-corrected chi connectivity index (χ1v) is 10.9. The number of fused-ring (bicyclic) bond motifs is 1. The average molecular weight is 488 g/mol. The minimum atomic E-state index is -4.65. The zero-order valence-corrected chi connectivity index (χ0v) is 19.0. The molecule has 1 atom stereocenters. The molecule has 0 bridgehead atoms. The van der Waals surface area contributed by atoms with Crippen LogP contribution in [0.5, 0.6) is 5.75 Å². The summed E-state index contributed by atoms with van der Waals surface area (Å²) in [7, 11) is 0. The summed E-state index contributed by atoms with van der Waals surface area (Å²) in [6.07, 6.45) is -5.46. The lowest BCUT2D eigenvalue weighted by atomic mass is 10.1. The van der Waals surface area contributed by atoms with Crippen molar-refractivity contribution in [2.24, 2.45) is 0 Å². The Kier molecular flexibility index (Phi) is 6.79. The molecule has 0 saturated carbocycles. The van der Waals surface area contributed by atoms with Crippen molar-refractivity contribution in [3.8, 4) is 11.4 Å². The maximum atomic E-state index is 13.2. The van der Waals surface area contributed by atoms with Crippen LogP contribution in [0.3, 0.4) is 0 Å². The standard InChI is InChI=1S/C24H23F3N4O4/c1-3-30-20(14-34-13-16-7-5-4-6-8-16)29-31(23(30)33)18-11-17-9-10-28-22(32)21(17)19(12-18)35-15(2)24(25,26)27/h4-12,15H,3,13-14H2,1-2H3,(H,28,32)/t15-/m0/s1. The first-order chi connectivity index (χ1) is 16.7. The molecule has 0 aliphatic carbocycles. The number of rotatable bonds is 8. The van der Waals surface area contributed by atoms with Gasteiger partial charge in [-0.15, -0.1) is 5.10 Å². The zero-order chi connectivity index (χ0) is 25.2. The molecule has 0 unspecified atom stereocenters. The summed E-state index contributed by atoms with van der Waals surface area (Å²) >= 11 is 0. The molecule has 2 heterocycles. The maximum absolute atomic E-state index is 13.2. The van der Waals surface area contributed by atoms with E-state index in [4.69, 9.17) is 9.47 Å². The van der Waals surface area contributed by atoms with E-state index >= 15 is 0 Å². The van der Waals surface area contributed by atoms with Crippen LogP contribution in [0.1, 0.15) is 25.2 Å². The summed E-state index contributed by atoms with van der Waals surface area (Å²) in [5.74, 6) is 0.0505. The van der Waals surface area contributed by atoms with Crippen LogP contribution in [0, 0.1) is 0 Å². The number of H-pyrrole nitrogens is 1. The lowest BCUT2D eigenvalue weighted by Crippen LogP contribution is -2.31. The minimum absolute atomic E-state index is 0.0483. The molecule has 0 spiro atoms. The van der Waals surface area contributed by atoms with Gasteiger partial charge in [0.25, 0.3) is 5.56 Å². The predicted molar refractivity (Wildman–Crippen MR) is 123 cm³/mol. The summed E-state index contributed by atoms with van der Waals surface area (Å²) in [5.41, 5.74) is 0.0105. The molecule has 0 aliphatic heterocycles. The van der Waals surface area contributed by atoms with E-state index in [-0.39, 0.29) is 23.4 Å². The second-order valence-corrected chi connectivity index (χ2v) is 7.85. The van der Waals surface area contributed by atoms with Gasteiger partial charge in [-0.3, -0.25) is 9.36 Å². The van der Waals surface area contributed by atoms with Gasteiger partial charge < -0.3 is 14.5 Å². The normalized spacial score (nSPS) is 12.7. The van der Waals surface area contributed by atoms with Gasteiger partial charge in [0.15, 0.2) is 11.9 Å². The molecule has 0 amide bonds. The maximum Gasteiger partial charge on any atom is 0.425 e. The molecule has 1 N–H and O–H groups in total. The SMILES string of the molecule is CCn1c(COCc2ccccc2)nn(-c2cc(O[C@@H](C)C(F)(F)F)c3c(=O)[nH]ccc3c2)c1=O. The Bertz CT molecular complexity index is 1440. The molecule has 4 rings (SSSR count). The van der Waals surface area contributed by atoms with Gasteiger partial charge in [0.2, 0.25) is 0 Å². The molecule has 184 valence electrons. The third-order valence-electron chi connectivity index (χ3n) is 5.43. The third-order valence-corrected chi connectivity index (χ3v) is 5.43. The van der Waals surface area contributed by atoms with Crippen LogP contribution in [0.25, 0.3) is 16.5 Å². The van der Waals surface area contributed by atoms with E-state index in [2.05, 4.69) is 10.1 Å². The number of nitrogens with zero attached hydrogens (tertiary/aromatic N) is 3. The van der Waals surface area contributed by atoms with Crippen molar-refractivity contribution in [1.29, 1.82) is 0 Å². The number of benzene rings is 2. The quantitative estimate of drug-likeness (QED) is 0.406. The number of hydrogen-bond acceptors (Lipinski definition) is 5. The van der Waals surface area contributed by atoms with Gasteiger partial charge in [0, 0.05) is 18.8 Å². The molecule has 0 saturated heterocycles. The van der Waals surface area contributed by atoms with Crippen molar-refractivity contribution in [3.63, 3.8) is 0 Å². The predicted octanol–water partition coefficient (Wildman–Crippen LogP) is 3.94. The van der Waals surface area contributed by atoms with E-state index in [1.165, 1.54) is 29.0 Å². The fourth-order valence-corrected chi connectivity index (χ4v) is 3.61. The lowest BCUT2D eigenvalue weighted by Gasteiger charge is -2.19. The van der Waals surface area contributed by atoms with Gasteiger partial charge in [0.05, 0.1) is 17.7 Å². The molecule has 0 aliphatic rings. The van der Waals surface area contributed by atoms with Crippen LogP contribution in [-0.2, 0) is 24.5 Å². The summed E-state index contributed by atoms with van der Waals surface area (Å²) in [5, 5.41) is 4.61. The Morgan fingerprint density at radius 3 is 2.51 bits per heavy atom. The average Bonchev–Trinajstić information content (AvgIpc) is 3.14. The van der Waals surface area contributed by atoms with Crippen LogP contribution >= 0.6 is 0 Å². The van der Waals surface area contributed by atoms with E-state index in [1.54, 1.807) is 6.92 Å². The van der Waals surface area contributed by atoms with E-state index in [9.17, 15) is 22.8 Å². The molecule has 8 nitrogen and oxygen atoms in total. The van der Waals surface area contributed by atoms with Crippen LogP contribution in [0.2, 0.25) is 0 Å². The van der Waals surface area contributed by atoms with Crippen molar-refractivity contribution in [1.82, 2.24) is 19.3 Å². The summed E-state index contributed by atoms with van der Waals surface area (Å²) < 4.78 is 52.8. The first kappa shape index (κ1) is 24.3. The van der Waals surface area contributed by atoms with Crippen molar-refractivity contribution in [2.75, 3.05) is 0 Å². The van der Waals surface area contributed by atoms with Crippen molar-refractivity contribution < 1.29 is 22.6 Å². The van der Waals surface area contributed by atoms with Crippen LogP contribution in [-0.4, -0.2) is 31.6 Å². The zero-order valence-electron chi connectivity index (χ0n) is 19.0. The number of ether oxygens (including phenoxy) is 2. The van der Waals surface area contributed by atoms with Gasteiger partial charge in [-0.25, -0.2) is 4.79 Å². The lowest BCUT2D eigenvalue weighted by molar-refractivity contribution is -0.189. The first-order valence-electron chi connectivity index (χ1n) is 10.9. The van der Waals surface area contributed by atoms with Crippen LogP contribution < -0.4 is 16.0 Å². The highest BCUT2D eigenvalue weighted by molar-refractivity contribution is 5.89. The van der Waals surface area contributed by atoms with E-state index in [0.29, 0.717) is 24.4 Å². The van der Waals surface area contributed by atoms with Crippen LogP contribution in [0.4, 0.5) is 13.2 Å². The Hall–Kier alpha value is -3.86. The summed E-state index contributed by atoms with van der Waals surface area (Å²) in [4.78, 5) is 27.9. The number of nitrogens with one attached hydrogen (secondary N) is 1. The summed E-state index contributed by atoms with van der Waals surface area (Å²) in [6.45, 7) is 3.29. The highest BCUT2D eigenvalue weighted by Gasteiger charge is 2.38. The van der Waals surface area contributed by atoms with E-state index in [0.717, 1.165) is 17.2 Å². The molecule has 35 heavy (non-hydrogen) atoms. The second-order valence-electron chi connectivity index (χ2n) is 7.85. The number of aromatic amines is 1. The highest BCUT2D eigenvalue weighted by Crippen LogP contribution is 2.30. The number of halogens is 3. The third kappa shape index (κ3) is 5.14. The summed E-state index contributed by atoms with van der Waals surface area (Å²) in [6, 6.07) is 13.7. The number of hydrogen-bond donors (Lipinski definition) is 1. The molecule has 11 heteroatoms. The molecule has 4 aromatic rings. The Morgan fingerprint density at radius 1 is 1.09 bits per heavy atom. The van der Waals surface area contributed by atoms with E-state index < -0.39 is 23.5 Å². The van der Waals surface area contributed by atoms with Crippen molar-refractivity contribution in [3.05, 3.63) is 87.0 Å². The van der Waals surface area contributed by atoms with Gasteiger partial charge in [0.1, 0.15) is 12.4 Å². The highest BCUT2D eigenvalue weighted by atomic mass is 19.4. The van der Waals surface area contributed by atoms with E-state index in [1.807, 2.05) is 30.3 Å². The monoisotopic (exact) mass is 488 g/mol. The Morgan fingerprint density at radius 2 is 1.83 bits per heavy atom. The Balaban J connectivity index is 1.73. The van der Waals surface area contributed by atoms with Gasteiger partial charge in [-0.05, 0) is 36.9 Å². The van der Waals surface area contributed by atoms with Crippen molar-refractivity contribution >= 4 is 10.8 Å². The molecule has 0 fully saturated rings. The van der Waals surface area contributed by atoms with Crippen molar-refractivity contribution in [2.45, 2.75) is 45.9 Å². The fraction of sp³-hybridized carbons (Fsp3) is 0.292. The smallest absolute Gasteiger partial charge is 0.425 e. The number of pyridine rings is 1. The van der Waals surface area contributed by atoms with Gasteiger partial charge >= 0.3 is 11.9 Å². The van der Waals surface area contributed by atoms with Crippen LogP contribution in [0.15, 0.2) is 64.3 Å². The fourth-order valence-electron chi connectivity index (χ4n) is 3.61. The number of alkyl halides is 3.